The molecule has 0 bridgehead atoms. The van der Waals surface area contributed by atoms with Gasteiger partial charge in [0, 0.05) is 5.92 Å². The molecule has 4 atom stereocenters. The summed E-state index contributed by atoms with van der Waals surface area (Å²) in [5.41, 5.74) is 8.11. The van der Waals surface area contributed by atoms with Crippen LogP contribution in [0, 0.1) is 16.7 Å². The van der Waals surface area contributed by atoms with Gasteiger partial charge in [-0.1, -0.05) is 204 Å². The molecule has 0 saturated carbocycles. The van der Waals surface area contributed by atoms with Gasteiger partial charge in [0.25, 0.3) is 0 Å². The molecule has 0 saturated heterocycles. The fourth-order valence-electron chi connectivity index (χ4n) is 8.80. The van der Waals surface area contributed by atoms with E-state index in [0.717, 1.165) is 18.4 Å². The molecule has 4 unspecified atom stereocenters. The number of rotatable bonds is 15. The highest BCUT2D eigenvalue weighted by Gasteiger charge is 2.49. The van der Waals surface area contributed by atoms with Crippen LogP contribution in [0.3, 0.4) is 0 Å². The van der Waals surface area contributed by atoms with Crippen molar-refractivity contribution < 1.29 is 5.11 Å². The molecule has 282 valence electrons. The van der Waals surface area contributed by atoms with E-state index in [4.69, 9.17) is 0 Å². The monoisotopic (exact) mass is 719 g/mol. The van der Waals surface area contributed by atoms with Gasteiger partial charge in [-0.15, -0.1) is 0 Å². The second kappa shape index (κ2) is 18.5. The van der Waals surface area contributed by atoms with Crippen LogP contribution in [-0.2, 0) is 12.0 Å². The van der Waals surface area contributed by atoms with Crippen molar-refractivity contribution in [3.05, 3.63) is 143 Å². The van der Waals surface area contributed by atoms with Crippen LogP contribution in [0.4, 0.5) is 0 Å². The molecule has 4 rings (SSSR count). The highest BCUT2D eigenvalue weighted by atomic mass is 32.1. The molecular formula is C49H71BOS. The lowest BCUT2D eigenvalue weighted by atomic mass is 9.23. The SMILES string of the molecule is CCC(C)C(C)(C)CC(c1ccccc1)C(C)(C)B(C)C(c1ccc(C(C)(C)C)cc1)C(C)(C)CC(c1ccccc1)c1cccc(CO)c1.CS. The van der Waals surface area contributed by atoms with E-state index < -0.39 is 0 Å². The van der Waals surface area contributed by atoms with E-state index in [1.807, 2.05) is 6.07 Å². The summed E-state index contributed by atoms with van der Waals surface area (Å²) in [5, 5.41) is 10.1. The Morgan fingerprint density at radius 1 is 0.615 bits per heavy atom. The molecule has 0 aliphatic carbocycles. The Morgan fingerprint density at radius 2 is 1.13 bits per heavy atom. The molecule has 0 fully saturated rings. The number of hydrogen-bond donors (Lipinski definition) is 2. The molecule has 1 nitrogen and oxygen atoms in total. The van der Waals surface area contributed by atoms with Gasteiger partial charge >= 0.3 is 0 Å². The summed E-state index contributed by atoms with van der Waals surface area (Å²) in [6.07, 6.45) is 5.03. The molecule has 0 heterocycles. The predicted octanol–water partition coefficient (Wildman–Crippen LogP) is 14.0. The number of thiol groups is 1. The average Bonchev–Trinajstić information content (AvgIpc) is 3.13. The van der Waals surface area contributed by atoms with Crippen LogP contribution in [0.5, 0.6) is 0 Å². The van der Waals surface area contributed by atoms with Gasteiger partial charge in [-0.25, -0.2) is 0 Å². The first-order valence-corrected chi connectivity index (χ1v) is 20.7. The van der Waals surface area contributed by atoms with Crippen molar-refractivity contribution in [3.63, 3.8) is 0 Å². The Balaban J connectivity index is 0.00000358. The van der Waals surface area contributed by atoms with Gasteiger partial charge in [0.2, 0.25) is 0 Å². The van der Waals surface area contributed by atoms with E-state index >= 15 is 0 Å². The van der Waals surface area contributed by atoms with Crippen molar-refractivity contribution >= 4 is 19.3 Å². The number of hydrogen-bond acceptors (Lipinski definition) is 2. The van der Waals surface area contributed by atoms with Crippen LogP contribution in [0.2, 0.25) is 12.1 Å². The number of aliphatic hydroxyl groups excluding tert-OH is 1. The van der Waals surface area contributed by atoms with Crippen molar-refractivity contribution in [2.75, 3.05) is 6.26 Å². The fraction of sp³-hybridized carbons (Fsp3) is 0.510. The van der Waals surface area contributed by atoms with E-state index in [1.165, 1.54) is 34.2 Å². The van der Waals surface area contributed by atoms with Gasteiger partial charge in [-0.05, 0) is 86.1 Å². The van der Waals surface area contributed by atoms with Crippen LogP contribution in [0.1, 0.15) is 146 Å². The molecule has 52 heavy (non-hydrogen) atoms. The maximum Gasteiger partial charge on any atom is 0.152 e. The summed E-state index contributed by atoms with van der Waals surface area (Å²) in [6.45, 7) is 29.9. The quantitative estimate of drug-likeness (QED) is 0.0926. The smallest absolute Gasteiger partial charge is 0.152 e. The van der Waals surface area contributed by atoms with E-state index in [9.17, 15) is 5.11 Å². The third kappa shape index (κ3) is 10.7. The molecule has 3 heteroatoms. The van der Waals surface area contributed by atoms with E-state index in [-0.39, 0.29) is 34.1 Å². The third-order valence-electron chi connectivity index (χ3n) is 12.9. The lowest BCUT2D eigenvalue weighted by Gasteiger charge is -2.50. The molecule has 0 aliphatic rings. The Labute approximate surface area is 326 Å². The normalized spacial score (nSPS) is 14.8. The van der Waals surface area contributed by atoms with Gasteiger partial charge in [0.05, 0.1) is 6.61 Å². The van der Waals surface area contributed by atoms with Gasteiger partial charge in [-0.2, -0.15) is 12.6 Å². The number of aliphatic hydroxyl groups is 1. The second-order valence-corrected chi connectivity index (χ2v) is 18.5. The Kier molecular flexibility index (Phi) is 15.6. The van der Waals surface area contributed by atoms with E-state index in [1.54, 1.807) is 6.26 Å². The van der Waals surface area contributed by atoms with Crippen LogP contribution in [0.25, 0.3) is 0 Å². The van der Waals surface area contributed by atoms with Gasteiger partial charge in [0.1, 0.15) is 0 Å². The molecule has 0 aromatic heterocycles. The van der Waals surface area contributed by atoms with Crippen molar-refractivity contribution in [1.82, 2.24) is 0 Å². The average molecular weight is 719 g/mol. The lowest BCUT2D eigenvalue weighted by molar-refractivity contribution is 0.177. The topological polar surface area (TPSA) is 20.2 Å². The Bertz CT molecular complexity index is 1620. The standard InChI is InChI=1S/C48H67BO.CH4S/c1-13-35(2)46(6,7)33-43(38-24-18-15-19-25-38)48(10,11)49(12)44(39-27-29-41(30-28-39)45(3,4)5)47(8,9)32-42(37-22-16-14-17-23-37)40-26-20-21-36(31-40)34-50;1-2/h14-31,35,42-44,50H,13,32-34H2,1-12H3;2H,1H3. The summed E-state index contributed by atoms with van der Waals surface area (Å²) in [4.78, 5) is 0. The zero-order valence-electron chi connectivity index (χ0n) is 35.0. The second-order valence-electron chi connectivity index (χ2n) is 18.5. The molecule has 1 N–H and O–H groups in total. The first-order chi connectivity index (χ1) is 24.4. The third-order valence-corrected chi connectivity index (χ3v) is 12.9. The highest BCUT2D eigenvalue weighted by Crippen LogP contribution is 2.58. The van der Waals surface area contributed by atoms with E-state index in [2.05, 4.69) is 199 Å². The molecule has 4 aromatic carbocycles. The van der Waals surface area contributed by atoms with Gasteiger partial charge < -0.3 is 5.11 Å². The Hall–Kier alpha value is -2.75. The largest absolute Gasteiger partial charge is 0.392 e. The van der Waals surface area contributed by atoms with Crippen LogP contribution in [-0.4, -0.2) is 18.1 Å². The minimum absolute atomic E-state index is 0.00420. The van der Waals surface area contributed by atoms with Crippen molar-refractivity contribution in [3.8, 4) is 0 Å². The highest BCUT2D eigenvalue weighted by molar-refractivity contribution is 7.79. The molecule has 0 spiro atoms. The first-order valence-electron chi connectivity index (χ1n) is 19.8. The summed E-state index contributed by atoms with van der Waals surface area (Å²) in [7, 11) is 0. The minimum atomic E-state index is -0.0663. The van der Waals surface area contributed by atoms with E-state index in [0.29, 0.717) is 24.4 Å². The molecule has 0 radical (unpaired) electrons. The molecule has 4 aromatic rings. The minimum Gasteiger partial charge on any atom is -0.392 e. The molecule has 0 aliphatic heterocycles. The maximum atomic E-state index is 10.1. The first kappa shape index (κ1) is 43.7. The predicted molar refractivity (Wildman–Crippen MR) is 235 cm³/mol. The summed E-state index contributed by atoms with van der Waals surface area (Å²) in [6, 6.07) is 40.7. The van der Waals surface area contributed by atoms with Crippen LogP contribution >= 0.6 is 12.6 Å². The summed E-state index contributed by atoms with van der Waals surface area (Å²) < 4.78 is 0. The lowest BCUT2D eigenvalue weighted by Crippen LogP contribution is -2.44. The zero-order valence-corrected chi connectivity index (χ0v) is 35.9. The Morgan fingerprint density at radius 3 is 1.63 bits per heavy atom. The van der Waals surface area contributed by atoms with Crippen LogP contribution < -0.4 is 0 Å². The molecular weight excluding hydrogens is 647 g/mol. The van der Waals surface area contributed by atoms with Crippen molar-refractivity contribution in [2.24, 2.45) is 16.7 Å². The maximum absolute atomic E-state index is 10.1. The number of benzene rings is 4. The fourth-order valence-corrected chi connectivity index (χ4v) is 8.80. The zero-order chi connectivity index (χ0) is 38.9. The molecule has 0 amide bonds. The van der Waals surface area contributed by atoms with Gasteiger partial charge in [-0.3, -0.25) is 0 Å². The van der Waals surface area contributed by atoms with Crippen LogP contribution in [0.15, 0.2) is 109 Å². The summed E-state index contributed by atoms with van der Waals surface area (Å²) >= 11 is 3.53. The van der Waals surface area contributed by atoms with Gasteiger partial charge in [0.15, 0.2) is 6.71 Å². The summed E-state index contributed by atoms with van der Waals surface area (Å²) in [5.74, 6) is 1.55. The van der Waals surface area contributed by atoms with Crippen molar-refractivity contribution in [2.45, 2.75) is 137 Å². The van der Waals surface area contributed by atoms with Crippen molar-refractivity contribution in [1.29, 1.82) is 0 Å².